The summed E-state index contributed by atoms with van der Waals surface area (Å²) in [6.45, 7) is 0. The van der Waals surface area contributed by atoms with Crippen molar-refractivity contribution < 1.29 is 13.5 Å². The summed E-state index contributed by atoms with van der Waals surface area (Å²) in [5.74, 6) is 1.06. The fourth-order valence-corrected chi connectivity index (χ4v) is 3.32. The summed E-state index contributed by atoms with van der Waals surface area (Å²) in [7, 11) is 3.39. The van der Waals surface area contributed by atoms with Crippen molar-refractivity contribution in [1.82, 2.24) is 24.7 Å². The molecule has 1 unspecified atom stereocenters. The number of aromatic amines is 1. The number of H-pyrrole nitrogens is 1. The van der Waals surface area contributed by atoms with E-state index < -0.39 is 11.1 Å². The average molecular weight is 384 g/mol. The highest BCUT2D eigenvalue weighted by atomic mass is 32.2. The molecule has 0 spiro atoms. The van der Waals surface area contributed by atoms with Gasteiger partial charge in [0, 0.05) is 25.0 Å². The Kier molecular flexibility index (Phi) is 4.34. The summed E-state index contributed by atoms with van der Waals surface area (Å²) in [5.41, 5.74) is 2.96. The highest BCUT2D eigenvalue weighted by Gasteiger charge is 2.17. The molecule has 0 saturated carbocycles. The van der Waals surface area contributed by atoms with Crippen molar-refractivity contribution in [2.24, 2.45) is 7.05 Å². The maximum absolute atomic E-state index is 11.4. The summed E-state index contributed by atoms with van der Waals surface area (Å²) >= 11 is -2.10. The summed E-state index contributed by atoms with van der Waals surface area (Å²) < 4.78 is 27.9. The van der Waals surface area contributed by atoms with E-state index in [0.717, 1.165) is 16.6 Å². The molecule has 10 heteroatoms. The van der Waals surface area contributed by atoms with Crippen molar-refractivity contribution in [2.45, 2.75) is 4.90 Å². The lowest BCUT2D eigenvalue weighted by Crippen LogP contribution is -2.00. The third-order valence-electron chi connectivity index (χ3n) is 4.19. The third-order valence-corrected chi connectivity index (χ3v) is 4.85. The minimum Gasteiger partial charge on any atom is -0.495 e. The first-order valence-corrected chi connectivity index (χ1v) is 9.05. The molecular formula is C17H16N6O3S. The van der Waals surface area contributed by atoms with Crippen LogP contribution in [-0.4, -0.2) is 40.6 Å². The normalized spacial score (nSPS) is 12.3. The van der Waals surface area contributed by atoms with Crippen molar-refractivity contribution >= 4 is 33.6 Å². The molecule has 0 saturated heterocycles. The molecule has 3 aromatic heterocycles. The zero-order valence-electron chi connectivity index (χ0n) is 14.5. The molecule has 4 rings (SSSR count). The molecule has 4 aromatic rings. The van der Waals surface area contributed by atoms with E-state index in [2.05, 4.69) is 25.4 Å². The Morgan fingerprint density at radius 3 is 2.85 bits per heavy atom. The second-order valence-electron chi connectivity index (χ2n) is 5.72. The highest BCUT2D eigenvalue weighted by Crippen LogP contribution is 2.35. The number of methoxy groups -OCH3 is 1. The summed E-state index contributed by atoms with van der Waals surface area (Å²) in [6, 6.07) is 6.62. The molecule has 27 heavy (non-hydrogen) atoms. The first-order chi connectivity index (χ1) is 13.1. The van der Waals surface area contributed by atoms with Crippen LogP contribution < -0.4 is 10.1 Å². The number of aryl methyl sites for hydroxylation is 1. The zero-order chi connectivity index (χ0) is 19.0. The maximum atomic E-state index is 11.4. The van der Waals surface area contributed by atoms with Crippen molar-refractivity contribution in [3.63, 3.8) is 0 Å². The van der Waals surface area contributed by atoms with Gasteiger partial charge in [0.2, 0.25) is 0 Å². The number of nitrogens with zero attached hydrogens (tertiary/aromatic N) is 4. The average Bonchev–Trinajstić information content (AvgIpc) is 3.28. The minimum absolute atomic E-state index is 0.254. The van der Waals surface area contributed by atoms with Crippen LogP contribution >= 0.6 is 0 Å². The van der Waals surface area contributed by atoms with Gasteiger partial charge in [0.15, 0.2) is 11.1 Å². The molecule has 0 bridgehead atoms. The summed E-state index contributed by atoms with van der Waals surface area (Å²) in [4.78, 5) is 12.0. The molecule has 0 radical (unpaired) electrons. The number of hydrogen-bond donors (Lipinski definition) is 3. The molecule has 9 nitrogen and oxygen atoms in total. The van der Waals surface area contributed by atoms with Crippen LogP contribution in [0.4, 0.5) is 11.5 Å². The molecule has 3 heterocycles. The molecular weight excluding hydrogens is 368 g/mol. The third kappa shape index (κ3) is 3.04. The van der Waals surface area contributed by atoms with Gasteiger partial charge >= 0.3 is 0 Å². The van der Waals surface area contributed by atoms with Crippen molar-refractivity contribution in [2.75, 3.05) is 12.4 Å². The van der Waals surface area contributed by atoms with Crippen LogP contribution in [0.15, 0.2) is 47.9 Å². The van der Waals surface area contributed by atoms with Gasteiger partial charge in [-0.1, -0.05) is 0 Å². The number of aromatic nitrogens is 5. The Balaban J connectivity index is 1.86. The van der Waals surface area contributed by atoms with Crippen LogP contribution in [0.25, 0.3) is 22.3 Å². The van der Waals surface area contributed by atoms with Crippen LogP contribution in [0.1, 0.15) is 0 Å². The SMILES string of the molecule is COc1ccc(S(=O)O)cc1Nc1ncnc2[nH]cc(-c3ccnn3C)c12. The first kappa shape index (κ1) is 17.2. The van der Waals surface area contributed by atoms with Gasteiger partial charge in [-0.15, -0.1) is 0 Å². The molecule has 1 atom stereocenters. The quantitative estimate of drug-likeness (QED) is 0.453. The predicted octanol–water partition coefficient (Wildman–Crippen LogP) is 2.69. The Hall–Kier alpha value is -3.24. The molecule has 0 amide bonds. The van der Waals surface area contributed by atoms with Crippen LogP contribution in [0.3, 0.4) is 0 Å². The minimum atomic E-state index is -2.10. The van der Waals surface area contributed by atoms with Gasteiger partial charge in [0.05, 0.1) is 28.8 Å². The van der Waals surface area contributed by atoms with Gasteiger partial charge in [-0.2, -0.15) is 5.10 Å². The van der Waals surface area contributed by atoms with Crippen molar-refractivity contribution in [3.05, 3.63) is 43.0 Å². The number of fused-ring (bicyclic) bond motifs is 1. The lowest BCUT2D eigenvalue weighted by molar-refractivity contribution is 0.416. The number of benzene rings is 1. The zero-order valence-corrected chi connectivity index (χ0v) is 15.3. The van der Waals surface area contributed by atoms with E-state index in [-0.39, 0.29) is 4.90 Å². The Morgan fingerprint density at radius 2 is 2.15 bits per heavy atom. The van der Waals surface area contributed by atoms with E-state index >= 15 is 0 Å². The predicted molar refractivity (Wildman–Crippen MR) is 101 cm³/mol. The molecule has 1 aromatic carbocycles. The second kappa shape index (κ2) is 6.82. The van der Waals surface area contributed by atoms with E-state index in [0.29, 0.717) is 22.9 Å². The van der Waals surface area contributed by atoms with Gasteiger partial charge in [-0.3, -0.25) is 4.68 Å². The Bertz CT molecular complexity index is 1150. The summed E-state index contributed by atoms with van der Waals surface area (Å²) in [6.07, 6.45) is 5.00. The Morgan fingerprint density at radius 1 is 1.30 bits per heavy atom. The van der Waals surface area contributed by atoms with E-state index in [1.54, 1.807) is 23.0 Å². The fraction of sp³-hybridized carbons (Fsp3) is 0.118. The molecule has 138 valence electrons. The van der Waals surface area contributed by atoms with Crippen LogP contribution in [-0.2, 0) is 18.1 Å². The number of anilines is 2. The molecule has 0 aliphatic heterocycles. The molecule has 0 aliphatic rings. The number of hydrogen-bond acceptors (Lipinski definition) is 6. The lowest BCUT2D eigenvalue weighted by Gasteiger charge is -2.13. The summed E-state index contributed by atoms with van der Waals surface area (Å²) in [5, 5.41) is 8.19. The van der Waals surface area contributed by atoms with Gasteiger partial charge in [0.25, 0.3) is 0 Å². The number of ether oxygens (including phenoxy) is 1. The van der Waals surface area contributed by atoms with Gasteiger partial charge in [-0.05, 0) is 24.3 Å². The standard InChI is InChI=1S/C17H16N6O3S/c1-23-13(5-6-21-23)11-8-18-16-15(11)17(20-9-19-16)22-12-7-10(27(24)25)3-4-14(12)26-2/h3-9H,1-2H3,(H,24,25)(H2,18,19,20,22). The largest absolute Gasteiger partial charge is 0.495 e. The topological polar surface area (TPSA) is 118 Å². The molecule has 3 N–H and O–H groups in total. The smallest absolute Gasteiger partial charge is 0.186 e. The fourth-order valence-electron chi connectivity index (χ4n) is 2.92. The van der Waals surface area contributed by atoms with Gasteiger partial charge in [-0.25, -0.2) is 14.2 Å². The maximum Gasteiger partial charge on any atom is 0.186 e. The lowest BCUT2D eigenvalue weighted by atomic mass is 10.1. The van der Waals surface area contributed by atoms with E-state index in [1.807, 2.05) is 19.3 Å². The van der Waals surface area contributed by atoms with Crippen LogP contribution in [0.2, 0.25) is 0 Å². The second-order valence-corrected chi connectivity index (χ2v) is 6.69. The monoisotopic (exact) mass is 384 g/mol. The molecule has 0 fully saturated rings. The van der Waals surface area contributed by atoms with Gasteiger partial charge in [0.1, 0.15) is 23.5 Å². The van der Waals surface area contributed by atoms with E-state index in [1.165, 1.54) is 19.5 Å². The van der Waals surface area contributed by atoms with Crippen molar-refractivity contribution in [1.29, 1.82) is 0 Å². The first-order valence-electron chi connectivity index (χ1n) is 7.95. The van der Waals surface area contributed by atoms with Crippen LogP contribution in [0, 0.1) is 0 Å². The molecule has 0 aliphatic carbocycles. The highest BCUT2D eigenvalue weighted by molar-refractivity contribution is 7.79. The van der Waals surface area contributed by atoms with E-state index in [9.17, 15) is 8.76 Å². The number of rotatable bonds is 5. The number of nitrogens with one attached hydrogen (secondary N) is 2. The van der Waals surface area contributed by atoms with E-state index in [4.69, 9.17) is 4.74 Å². The Labute approximate surface area is 156 Å². The van der Waals surface area contributed by atoms with Gasteiger partial charge < -0.3 is 19.6 Å². The van der Waals surface area contributed by atoms with Crippen LogP contribution in [0.5, 0.6) is 5.75 Å². The van der Waals surface area contributed by atoms with Crippen molar-refractivity contribution in [3.8, 4) is 17.0 Å².